The fourth-order valence-electron chi connectivity index (χ4n) is 4.69. The zero-order valence-electron chi connectivity index (χ0n) is 16.5. The highest BCUT2D eigenvalue weighted by molar-refractivity contribution is 6.28. The molecule has 0 aliphatic carbocycles. The summed E-state index contributed by atoms with van der Waals surface area (Å²) < 4.78 is 0. The van der Waals surface area contributed by atoms with E-state index in [9.17, 15) is 0 Å². The highest BCUT2D eigenvalue weighted by atomic mass is 14.2. The number of hydrogen-bond donors (Lipinski definition) is 0. The Bertz CT molecular complexity index is 1480. The standard InChI is InChI=1S/C30H20/c1-2-10-21(11-3-1)22-12-8-13-23(20-22)24-18-9-19-29-27-15-5-4-14-25(27)26-16-6-7-17-28(26)30(24)29/h1-20H. The molecule has 0 aliphatic heterocycles. The number of benzene rings is 6. The summed E-state index contributed by atoms with van der Waals surface area (Å²) in [6.45, 7) is 0. The average Bonchev–Trinajstić information content (AvgIpc) is 2.84. The fourth-order valence-corrected chi connectivity index (χ4v) is 4.69. The summed E-state index contributed by atoms with van der Waals surface area (Å²) in [6.07, 6.45) is 0. The van der Waals surface area contributed by atoms with E-state index in [0.29, 0.717) is 0 Å². The molecule has 6 aromatic carbocycles. The lowest BCUT2D eigenvalue weighted by Gasteiger charge is -2.15. The van der Waals surface area contributed by atoms with Crippen molar-refractivity contribution in [1.82, 2.24) is 0 Å². The second-order valence-corrected chi connectivity index (χ2v) is 7.77. The first-order chi connectivity index (χ1) is 14.9. The number of hydrogen-bond acceptors (Lipinski definition) is 0. The van der Waals surface area contributed by atoms with E-state index in [0.717, 1.165) is 0 Å². The molecule has 0 aliphatic rings. The Kier molecular flexibility index (Phi) is 3.89. The van der Waals surface area contributed by atoms with Crippen LogP contribution in [-0.2, 0) is 0 Å². The van der Waals surface area contributed by atoms with Gasteiger partial charge in [0.15, 0.2) is 0 Å². The molecule has 0 saturated carbocycles. The first-order valence-electron chi connectivity index (χ1n) is 10.4. The summed E-state index contributed by atoms with van der Waals surface area (Å²) in [5.74, 6) is 0. The summed E-state index contributed by atoms with van der Waals surface area (Å²) in [5.41, 5.74) is 5.03. The molecule has 0 nitrogen and oxygen atoms in total. The molecule has 0 amide bonds. The third kappa shape index (κ3) is 2.62. The van der Waals surface area contributed by atoms with Gasteiger partial charge in [-0.05, 0) is 60.6 Å². The molecule has 0 aromatic heterocycles. The maximum Gasteiger partial charge on any atom is -0.00204 e. The van der Waals surface area contributed by atoms with Crippen molar-refractivity contribution in [3.8, 4) is 22.3 Å². The minimum Gasteiger partial charge on any atom is -0.0622 e. The quantitative estimate of drug-likeness (QED) is 0.264. The lowest BCUT2D eigenvalue weighted by molar-refractivity contribution is 1.61. The fraction of sp³-hybridized carbons (Fsp3) is 0. The molecule has 6 rings (SSSR count). The van der Waals surface area contributed by atoms with Crippen LogP contribution in [0.25, 0.3) is 54.6 Å². The Morgan fingerprint density at radius 3 is 1.47 bits per heavy atom. The molecule has 0 radical (unpaired) electrons. The van der Waals surface area contributed by atoms with Crippen molar-refractivity contribution in [3.05, 3.63) is 121 Å². The zero-order chi connectivity index (χ0) is 19.9. The van der Waals surface area contributed by atoms with Gasteiger partial charge < -0.3 is 0 Å². The third-order valence-electron chi connectivity index (χ3n) is 6.05. The van der Waals surface area contributed by atoms with Crippen LogP contribution in [0.3, 0.4) is 0 Å². The maximum absolute atomic E-state index is 2.31. The van der Waals surface area contributed by atoms with Crippen LogP contribution < -0.4 is 0 Å². The van der Waals surface area contributed by atoms with Gasteiger partial charge in [0.1, 0.15) is 0 Å². The van der Waals surface area contributed by atoms with Crippen LogP contribution in [0.5, 0.6) is 0 Å². The smallest absolute Gasteiger partial charge is 0.00204 e. The minimum atomic E-state index is 1.25. The van der Waals surface area contributed by atoms with Crippen molar-refractivity contribution in [2.45, 2.75) is 0 Å². The van der Waals surface area contributed by atoms with Gasteiger partial charge in [-0.2, -0.15) is 0 Å². The van der Waals surface area contributed by atoms with E-state index < -0.39 is 0 Å². The van der Waals surface area contributed by atoms with Crippen molar-refractivity contribution in [1.29, 1.82) is 0 Å². The second kappa shape index (κ2) is 6.86. The Morgan fingerprint density at radius 2 is 0.767 bits per heavy atom. The number of fused-ring (bicyclic) bond motifs is 6. The van der Waals surface area contributed by atoms with Gasteiger partial charge in [-0.15, -0.1) is 0 Å². The predicted molar refractivity (Wildman–Crippen MR) is 130 cm³/mol. The van der Waals surface area contributed by atoms with Gasteiger partial charge in [0.05, 0.1) is 0 Å². The van der Waals surface area contributed by atoms with Crippen LogP contribution in [0.15, 0.2) is 121 Å². The van der Waals surface area contributed by atoms with Crippen LogP contribution in [0.1, 0.15) is 0 Å². The van der Waals surface area contributed by atoms with Crippen molar-refractivity contribution in [3.63, 3.8) is 0 Å². The topological polar surface area (TPSA) is 0 Å². The van der Waals surface area contributed by atoms with E-state index in [1.54, 1.807) is 0 Å². The number of rotatable bonds is 2. The molecule has 0 unspecified atom stereocenters. The van der Waals surface area contributed by atoms with Gasteiger partial charge in [-0.1, -0.05) is 115 Å². The summed E-state index contributed by atoms with van der Waals surface area (Å²) >= 11 is 0. The molecule has 0 N–H and O–H groups in total. The summed E-state index contributed by atoms with van der Waals surface area (Å²) in [7, 11) is 0. The van der Waals surface area contributed by atoms with Crippen LogP contribution in [0, 0.1) is 0 Å². The zero-order valence-corrected chi connectivity index (χ0v) is 16.5. The van der Waals surface area contributed by atoms with E-state index in [2.05, 4.69) is 121 Å². The van der Waals surface area contributed by atoms with Gasteiger partial charge in [-0.3, -0.25) is 0 Å². The highest BCUT2D eigenvalue weighted by Crippen LogP contribution is 2.40. The van der Waals surface area contributed by atoms with Crippen LogP contribution in [0.4, 0.5) is 0 Å². The van der Waals surface area contributed by atoms with Gasteiger partial charge >= 0.3 is 0 Å². The van der Waals surface area contributed by atoms with Crippen molar-refractivity contribution in [2.24, 2.45) is 0 Å². The molecule has 6 aromatic rings. The third-order valence-corrected chi connectivity index (χ3v) is 6.05. The van der Waals surface area contributed by atoms with Crippen LogP contribution >= 0.6 is 0 Å². The van der Waals surface area contributed by atoms with Crippen molar-refractivity contribution < 1.29 is 0 Å². The Hall–Kier alpha value is -3.90. The molecule has 0 heterocycles. The lowest BCUT2D eigenvalue weighted by atomic mass is 9.89. The monoisotopic (exact) mass is 380 g/mol. The Morgan fingerprint density at radius 1 is 0.300 bits per heavy atom. The van der Waals surface area contributed by atoms with Crippen LogP contribution in [0.2, 0.25) is 0 Å². The highest BCUT2D eigenvalue weighted by Gasteiger charge is 2.12. The van der Waals surface area contributed by atoms with Crippen LogP contribution in [-0.4, -0.2) is 0 Å². The summed E-state index contributed by atoms with van der Waals surface area (Å²) in [5, 5.41) is 7.89. The van der Waals surface area contributed by atoms with Gasteiger partial charge in [0, 0.05) is 0 Å². The maximum atomic E-state index is 2.31. The predicted octanol–water partition coefficient (Wildman–Crippen LogP) is 8.48. The molecular formula is C30H20. The lowest BCUT2D eigenvalue weighted by Crippen LogP contribution is -1.87. The molecule has 30 heavy (non-hydrogen) atoms. The van der Waals surface area contributed by atoms with Crippen molar-refractivity contribution >= 4 is 32.3 Å². The first-order valence-corrected chi connectivity index (χ1v) is 10.4. The molecule has 140 valence electrons. The molecule has 0 saturated heterocycles. The van der Waals surface area contributed by atoms with E-state index in [1.807, 2.05) is 0 Å². The Balaban J connectivity index is 1.72. The molecule has 0 spiro atoms. The molecule has 0 atom stereocenters. The van der Waals surface area contributed by atoms with Crippen molar-refractivity contribution in [2.75, 3.05) is 0 Å². The van der Waals surface area contributed by atoms with Gasteiger partial charge in [0.2, 0.25) is 0 Å². The van der Waals surface area contributed by atoms with E-state index in [-0.39, 0.29) is 0 Å². The minimum absolute atomic E-state index is 1.25. The van der Waals surface area contributed by atoms with Gasteiger partial charge in [-0.25, -0.2) is 0 Å². The second-order valence-electron chi connectivity index (χ2n) is 7.77. The largest absolute Gasteiger partial charge is 0.0622 e. The first kappa shape index (κ1) is 17.0. The summed E-state index contributed by atoms with van der Waals surface area (Å²) in [4.78, 5) is 0. The SMILES string of the molecule is c1ccc(-c2cccc(-c3cccc4c5ccccc5c5ccccc5c34)c2)cc1. The molecular weight excluding hydrogens is 360 g/mol. The molecule has 0 heteroatoms. The molecule has 0 fully saturated rings. The summed E-state index contributed by atoms with van der Waals surface area (Å²) in [6, 6.07) is 43.7. The average molecular weight is 380 g/mol. The van der Waals surface area contributed by atoms with E-state index in [4.69, 9.17) is 0 Å². The van der Waals surface area contributed by atoms with E-state index in [1.165, 1.54) is 54.6 Å². The normalized spacial score (nSPS) is 11.3. The van der Waals surface area contributed by atoms with E-state index >= 15 is 0 Å². The van der Waals surface area contributed by atoms with Gasteiger partial charge in [0.25, 0.3) is 0 Å². The molecule has 0 bridgehead atoms. The Labute approximate surface area is 176 Å².